The number of carbonyl (C=O) groups is 3. The molecule has 42 heavy (non-hydrogen) atoms. The number of amides is 4. The maximum Gasteiger partial charge on any atom is 0.332 e. The molecule has 9 heteroatoms. The molecule has 6 rings (SSSR count). The van der Waals surface area contributed by atoms with Crippen molar-refractivity contribution < 1.29 is 14.4 Å². The van der Waals surface area contributed by atoms with Crippen LogP contribution in [0.25, 0.3) is 10.9 Å². The van der Waals surface area contributed by atoms with Gasteiger partial charge in [-0.05, 0) is 69.8 Å². The number of pyridine rings is 1. The van der Waals surface area contributed by atoms with Gasteiger partial charge in [-0.25, -0.2) is 9.69 Å². The summed E-state index contributed by atoms with van der Waals surface area (Å²) in [5.74, 6) is -0.239. The van der Waals surface area contributed by atoms with Crippen molar-refractivity contribution in [2.24, 2.45) is 0 Å². The molecular formula is C33H40N6O3. The van der Waals surface area contributed by atoms with Gasteiger partial charge in [0, 0.05) is 54.9 Å². The second kappa shape index (κ2) is 10.2. The first-order valence-corrected chi connectivity index (χ1v) is 14.7. The first-order valence-electron chi connectivity index (χ1n) is 14.7. The quantitative estimate of drug-likeness (QED) is 0.414. The van der Waals surface area contributed by atoms with Gasteiger partial charge in [0.15, 0.2) is 0 Å². The van der Waals surface area contributed by atoms with Crippen LogP contribution in [0, 0.1) is 0 Å². The summed E-state index contributed by atoms with van der Waals surface area (Å²) in [5, 5.41) is 0.957. The summed E-state index contributed by atoms with van der Waals surface area (Å²) in [6, 6.07) is 15.5. The Balaban J connectivity index is 1.28. The second-order valence-corrected chi connectivity index (χ2v) is 13.3. The van der Waals surface area contributed by atoms with Gasteiger partial charge in [-0.3, -0.25) is 19.5 Å². The van der Waals surface area contributed by atoms with Crippen LogP contribution in [0.15, 0.2) is 54.7 Å². The molecular weight excluding hydrogens is 528 g/mol. The van der Waals surface area contributed by atoms with Crippen LogP contribution in [0.2, 0.25) is 0 Å². The number of para-hydroxylation sites is 1. The van der Waals surface area contributed by atoms with Crippen molar-refractivity contribution >= 4 is 40.1 Å². The third-order valence-electron chi connectivity index (χ3n) is 9.34. The minimum absolute atomic E-state index is 0.0453. The maximum absolute atomic E-state index is 14.0. The third kappa shape index (κ3) is 4.65. The van der Waals surface area contributed by atoms with Crippen LogP contribution in [-0.2, 0) is 21.5 Å². The lowest BCUT2D eigenvalue weighted by Crippen LogP contribution is -2.43. The number of aromatic nitrogens is 1. The lowest BCUT2D eigenvalue weighted by Gasteiger charge is -2.28. The highest BCUT2D eigenvalue weighted by Gasteiger charge is 2.52. The Kier molecular flexibility index (Phi) is 6.85. The van der Waals surface area contributed by atoms with Crippen molar-refractivity contribution in [3.05, 3.63) is 65.9 Å². The Labute approximate surface area is 247 Å². The summed E-state index contributed by atoms with van der Waals surface area (Å²) >= 11 is 0. The van der Waals surface area contributed by atoms with E-state index in [0.717, 1.165) is 47.2 Å². The van der Waals surface area contributed by atoms with E-state index in [1.807, 2.05) is 53.4 Å². The summed E-state index contributed by atoms with van der Waals surface area (Å²) in [6.45, 7) is 10.8. The number of carbonyl (C=O) groups excluding carboxylic acids is 3. The van der Waals surface area contributed by atoms with E-state index in [0.29, 0.717) is 24.8 Å². The smallest absolute Gasteiger partial charge is 0.310 e. The van der Waals surface area contributed by atoms with E-state index >= 15 is 0 Å². The molecule has 3 aliphatic rings. The first-order chi connectivity index (χ1) is 19.9. The highest BCUT2D eigenvalue weighted by atomic mass is 16.2. The molecule has 4 heterocycles. The number of imide groups is 1. The zero-order valence-electron chi connectivity index (χ0n) is 25.4. The Morgan fingerprint density at radius 1 is 1.05 bits per heavy atom. The Morgan fingerprint density at radius 2 is 1.81 bits per heavy atom. The highest BCUT2D eigenvalue weighted by molar-refractivity contribution is 6.23. The van der Waals surface area contributed by atoms with E-state index in [2.05, 4.69) is 42.7 Å². The van der Waals surface area contributed by atoms with Gasteiger partial charge in [0.1, 0.15) is 5.54 Å². The zero-order chi connectivity index (χ0) is 30.0. The number of hydrogen-bond donors (Lipinski definition) is 0. The monoisotopic (exact) mass is 568 g/mol. The minimum atomic E-state index is -1.05. The molecule has 2 aromatic carbocycles. The largest absolute Gasteiger partial charge is 0.332 e. The van der Waals surface area contributed by atoms with Crippen molar-refractivity contribution in [2.45, 2.75) is 57.7 Å². The number of fused-ring (bicyclic) bond motifs is 2. The molecule has 4 amide bonds. The Morgan fingerprint density at radius 3 is 2.55 bits per heavy atom. The van der Waals surface area contributed by atoms with Crippen LogP contribution in [0.4, 0.5) is 16.2 Å². The van der Waals surface area contributed by atoms with Crippen LogP contribution in [0.5, 0.6) is 0 Å². The number of likely N-dealkylation sites (N-methyl/N-ethyl adjacent to an activating group) is 1. The maximum atomic E-state index is 14.0. The van der Waals surface area contributed by atoms with Gasteiger partial charge in [-0.2, -0.15) is 0 Å². The number of benzene rings is 2. The zero-order valence-corrected chi connectivity index (χ0v) is 25.4. The van der Waals surface area contributed by atoms with Crippen molar-refractivity contribution in [1.82, 2.24) is 19.7 Å². The van der Waals surface area contributed by atoms with Crippen LogP contribution >= 0.6 is 0 Å². The Bertz CT molecular complexity index is 1580. The van der Waals surface area contributed by atoms with Crippen LogP contribution < -0.4 is 9.80 Å². The van der Waals surface area contributed by atoms with Gasteiger partial charge in [0.05, 0.1) is 17.7 Å². The van der Waals surface area contributed by atoms with Gasteiger partial charge < -0.3 is 14.7 Å². The van der Waals surface area contributed by atoms with E-state index in [1.54, 1.807) is 24.9 Å². The van der Waals surface area contributed by atoms with Crippen molar-refractivity contribution in [2.75, 3.05) is 50.1 Å². The number of hydrogen-bond acceptors (Lipinski definition) is 6. The van der Waals surface area contributed by atoms with Crippen LogP contribution in [0.3, 0.4) is 0 Å². The molecule has 3 aliphatic heterocycles. The molecule has 1 aromatic heterocycles. The summed E-state index contributed by atoms with van der Waals surface area (Å²) < 4.78 is 0. The van der Waals surface area contributed by atoms with E-state index in [4.69, 9.17) is 0 Å². The second-order valence-electron chi connectivity index (χ2n) is 13.3. The van der Waals surface area contributed by atoms with Crippen molar-refractivity contribution in [3.8, 4) is 0 Å². The number of rotatable bonds is 6. The molecule has 0 spiro atoms. The van der Waals surface area contributed by atoms with Gasteiger partial charge in [0.25, 0.3) is 5.91 Å². The lowest BCUT2D eigenvalue weighted by molar-refractivity contribution is -0.123. The van der Waals surface area contributed by atoms with Crippen LogP contribution in [0.1, 0.15) is 45.2 Å². The molecule has 0 bridgehead atoms. The summed E-state index contributed by atoms with van der Waals surface area (Å²) in [4.78, 5) is 55.1. The van der Waals surface area contributed by atoms with Gasteiger partial charge in [0.2, 0.25) is 5.91 Å². The average Bonchev–Trinajstić information content (AvgIpc) is 3.57. The topological polar surface area (TPSA) is 80.3 Å². The van der Waals surface area contributed by atoms with E-state index in [9.17, 15) is 14.4 Å². The predicted molar refractivity (Wildman–Crippen MR) is 165 cm³/mol. The van der Waals surface area contributed by atoms with Gasteiger partial charge in [-0.1, -0.05) is 38.1 Å². The fraction of sp³-hybridized carbons (Fsp3) is 0.455. The predicted octanol–water partition coefficient (Wildman–Crippen LogP) is 4.24. The Hall–Kier alpha value is -3.82. The fourth-order valence-corrected chi connectivity index (χ4v) is 6.69. The van der Waals surface area contributed by atoms with Gasteiger partial charge >= 0.3 is 6.03 Å². The minimum Gasteiger partial charge on any atom is -0.310 e. The summed E-state index contributed by atoms with van der Waals surface area (Å²) in [7, 11) is 4.17. The molecule has 0 N–H and O–H groups in total. The van der Waals surface area contributed by atoms with Crippen LogP contribution in [-0.4, -0.2) is 89.4 Å². The van der Waals surface area contributed by atoms with Crippen molar-refractivity contribution in [3.63, 3.8) is 0 Å². The summed E-state index contributed by atoms with van der Waals surface area (Å²) in [6.07, 6.45) is 2.79. The van der Waals surface area contributed by atoms with Crippen molar-refractivity contribution in [1.29, 1.82) is 0 Å². The number of nitrogens with zero attached hydrogens (tertiary/aromatic N) is 6. The number of anilines is 2. The third-order valence-corrected chi connectivity index (χ3v) is 9.34. The average molecular weight is 569 g/mol. The SMILES string of the molecule is CN(C)[C@@H]1CCN(CC(=O)N2CC(C)(C)c3ccc(N4C(=O)N(Cc5ccnc6ccccc56)C(C)(C)C4=O)cc32)C1. The molecule has 0 radical (unpaired) electrons. The molecule has 0 unspecified atom stereocenters. The first kappa shape index (κ1) is 28.3. The molecule has 0 aliphatic carbocycles. The molecule has 9 nitrogen and oxygen atoms in total. The molecule has 0 saturated carbocycles. The van der Waals surface area contributed by atoms with E-state index < -0.39 is 5.54 Å². The number of urea groups is 1. The standard InChI is InChI=1S/C33H40N6O3/c1-32(2)21-37(29(40)20-36-16-14-24(19-36)35(5)6)28-17-23(11-12-26(28)32)39-30(41)33(3,4)38(31(39)42)18-22-13-15-34-27-10-8-7-9-25(22)27/h7-13,15,17,24H,14,16,18-21H2,1-6H3/t24-/m1/s1. The molecule has 2 saturated heterocycles. The lowest BCUT2D eigenvalue weighted by atomic mass is 9.87. The molecule has 1 atom stereocenters. The fourth-order valence-electron chi connectivity index (χ4n) is 6.69. The van der Waals surface area contributed by atoms with Gasteiger partial charge in [-0.15, -0.1) is 0 Å². The summed E-state index contributed by atoms with van der Waals surface area (Å²) in [5.41, 5.74) is 2.81. The molecule has 2 fully saturated rings. The number of likely N-dealkylation sites (tertiary alicyclic amines) is 1. The molecule has 3 aromatic rings. The normalized spacial score (nSPS) is 21.7. The van der Waals surface area contributed by atoms with E-state index in [1.165, 1.54) is 4.90 Å². The molecule has 220 valence electrons. The highest BCUT2D eigenvalue weighted by Crippen LogP contribution is 2.44. The van der Waals surface area contributed by atoms with E-state index in [-0.39, 0.29) is 29.8 Å².